The Bertz CT molecular complexity index is 1230. The van der Waals surface area contributed by atoms with E-state index in [4.69, 9.17) is 9.97 Å². The van der Waals surface area contributed by atoms with Gasteiger partial charge in [-0.1, -0.05) is 51.1 Å². The third-order valence-corrected chi connectivity index (χ3v) is 8.33. The van der Waals surface area contributed by atoms with Crippen LogP contribution in [0.4, 0.5) is 0 Å². The van der Waals surface area contributed by atoms with Crippen molar-refractivity contribution in [3.8, 4) is 0 Å². The number of nitrogens with zero attached hydrogens (tertiary/aromatic N) is 3. The number of aryl methyl sites for hydroxylation is 4. The second-order valence-corrected chi connectivity index (χ2v) is 11.5. The maximum Gasteiger partial charge on any atom is 0.235 e. The van der Waals surface area contributed by atoms with Crippen LogP contribution in [0.15, 0.2) is 42.6 Å². The maximum atomic E-state index is 14.1. The fourth-order valence-corrected chi connectivity index (χ4v) is 5.91. The highest BCUT2D eigenvalue weighted by molar-refractivity contribution is 7.11. The first-order valence-electron chi connectivity index (χ1n) is 13.7. The number of benzene rings is 1. The summed E-state index contributed by atoms with van der Waals surface area (Å²) in [6, 6.07) is 12.8. The number of pyridine rings is 1. The summed E-state index contributed by atoms with van der Waals surface area (Å²) < 4.78 is 0. The number of carbonyl (C=O) groups is 2. The normalized spacial score (nSPS) is 13.9. The SMILES string of the molecule is CCCC(=O)c1nc(CN(CCCc2cccc(CC)c2)C(=O)C2(c3ccc(CC)cn3)CC2)sc1C. The fourth-order valence-electron chi connectivity index (χ4n) is 4.94. The summed E-state index contributed by atoms with van der Waals surface area (Å²) >= 11 is 1.54. The first-order chi connectivity index (χ1) is 17.9. The van der Waals surface area contributed by atoms with E-state index >= 15 is 0 Å². The summed E-state index contributed by atoms with van der Waals surface area (Å²) in [6.07, 6.45) is 8.63. The van der Waals surface area contributed by atoms with Gasteiger partial charge in [0.05, 0.1) is 17.7 Å². The van der Waals surface area contributed by atoms with Gasteiger partial charge in [0.15, 0.2) is 5.78 Å². The number of amides is 1. The van der Waals surface area contributed by atoms with Crippen molar-refractivity contribution >= 4 is 23.0 Å². The van der Waals surface area contributed by atoms with E-state index in [-0.39, 0.29) is 11.7 Å². The molecule has 1 saturated carbocycles. The van der Waals surface area contributed by atoms with Crippen LogP contribution in [0.5, 0.6) is 0 Å². The van der Waals surface area contributed by atoms with Gasteiger partial charge in [0.2, 0.25) is 5.91 Å². The molecule has 0 unspecified atom stereocenters. The number of aromatic nitrogens is 2. The lowest BCUT2D eigenvalue weighted by atomic mass is 9.98. The Balaban J connectivity index is 1.54. The molecule has 1 aliphatic carbocycles. The van der Waals surface area contributed by atoms with E-state index < -0.39 is 5.41 Å². The molecule has 0 radical (unpaired) electrons. The van der Waals surface area contributed by atoms with Crippen LogP contribution >= 0.6 is 11.3 Å². The number of carbonyl (C=O) groups excluding carboxylic acids is 2. The molecule has 0 N–H and O–H groups in total. The van der Waals surface area contributed by atoms with Crippen LogP contribution in [0.2, 0.25) is 0 Å². The Morgan fingerprint density at radius 2 is 1.78 bits per heavy atom. The van der Waals surface area contributed by atoms with Crippen LogP contribution in [0, 0.1) is 6.92 Å². The third-order valence-electron chi connectivity index (χ3n) is 7.37. The van der Waals surface area contributed by atoms with Crippen molar-refractivity contribution < 1.29 is 9.59 Å². The molecule has 37 heavy (non-hydrogen) atoms. The fraction of sp³-hybridized carbons (Fsp3) is 0.484. The van der Waals surface area contributed by atoms with E-state index in [0.29, 0.717) is 25.2 Å². The number of ketones is 1. The minimum absolute atomic E-state index is 0.0926. The first kappa shape index (κ1) is 27.2. The van der Waals surface area contributed by atoms with Crippen molar-refractivity contribution in [1.29, 1.82) is 0 Å². The van der Waals surface area contributed by atoms with Crippen LogP contribution in [0.25, 0.3) is 0 Å². The molecule has 2 aromatic heterocycles. The van der Waals surface area contributed by atoms with Gasteiger partial charge in [-0.15, -0.1) is 11.3 Å². The Labute approximate surface area is 225 Å². The van der Waals surface area contributed by atoms with Crippen LogP contribution in [-0.2, 0) is 36.0 Å². The monoisotopic (exact) mass is 517 g/mol. The average Bonchev–Trinajstić information content (AvgIpc) is 3.64. The van der Waals surface area contributed by atoms with Crippen LogP contribution in [0.1, 0.15) is 95.6 Å². The Kier molecular flexibility index (Phi) is 8.91. The summed E-state index contributed by atoms with van der Waals surface area (Å²) in [5.41, 5.74) is 4.75. The Morgan fingerprint density at radius 3 is 2.43 bits per heavy atom. The maximum absolute atomic E-state index is 14.1. The number of rotatable bonds is 13. The second-order valence-electron chi connectivity index (χ2n) is 10.2. The van der Waals surface area contributed by atoms with Crippen molar-refractivity contribution in [2.75, 3.05) is 6.54 Å². The van der Waals surface area contributed by atoms with E-state index in [0.717, 1.165) is 60.5 Å². The molecule has 0 bridgehead atoms. The number of Topliss-reactive ketones (excluding diaryl/α,β-unsaturated/α-hetero) is 1. The molecular weight excluding hydrogens is 478 g/mol. The van der Waals surface area contributed by atoms with Crippen LogP contribution in [-0.4, -0.2) is 33.1 Å². The standard InChI is InChI=1S/C31H39N3O2S/c1-5-10-26(35)29-22(4)37-28(33-29)21-34(18-9-13-25-12-8-11-23(6-2)19-25)30(36)31(16-17-31)27-15-14-24(7-3)20-32-27/h8,11-12,14-15,19-20H,5-7,9-10,13,16-18,21H2,1-4H3. The van der Waals surface area contributed by atoms with Crippen LogP contribution in [0.3, 0.4) is 0 Å². The van der Waals surface area contributed by atoms with Gasteiger partial charge in [0.25, 0.3) is 0 Å². The first-order valence-corrected chi connectivity index (χ1v) is 14.5. The topological polar surface area (TPSA) is 63.2 Å². The zero-order valence-electron chi connectivity index (χ0n) is 22.7. The zero-order chi connectivity index (χ0) is 26.4. The van der Waals surface area contributed by atoms with E-state index in [1.54, 1.807) is 0 Å². The third kappa shape index (κ3) is 6.35. The summed E-state index contributed by atoms with van der Waals surface area (Å²) in [4.78, 5) is 38.9. The van der Waals surface area contributed by atoms with Gasteiger partial charge < -0.3 is 4.90 Å². The van der Waals surface area contributed by atoms with Gasteiger partial charge in [0, 0.05) is 24.0 Å². The molecular formula is C31H39N3O2S. The van der Waals surface area contributed by atoms with Crippen molar-refractivity contribution in [3.63, 3.8) is 0 Å². The predicted octanol–water partition coefficient (Wildman–Crippen LogP) is 6.65. The molecule has 1 aliphatic rings. The lowest BCUT2D eigenvalue weighted by Crippen LogP contribution is -2.40. The molecule has 4 rings (SSSR count). The molecule has 6 heteroatoms. The largest absolute Gasteiger partial charge is 0.335 e. The molecule has 0 aliphatic heterocycles. The van der Waals surface area contributed by atoms with Gasteiger partial charge in [-0.3, -0.25) is 14.6 Å². The predicted molar refractivity (Wildman–Crippen MR) is 150 cm³/mol. The van der Waals surface area contributed by atoms with Crippen molar-refractivity contribution in [1.82, 2.24) is 14.9 Å². The highest BCUT2D eigenvalue weighted by Gasteiger charge is 2.54. The van der Waals surface area contributed by atoms with Crippen molar-refractivity contribution in [2.24, 2.45) is 0 Å². The van der Waals surface area contributed by atoms with Crippen LogP contribution < -0.4 is 0 Å². The minimum atomic E-state index is -0.526. The smallest absolute Gasteiger partial charge is 0.235 e. The molecule has 1 aromatic carbocycles. The minimum Gasteiger partial charge on any atom is -0.335 e. The van der Waals surface area contributed by atoms with E-state index in [2.05, 4.69) is 44.2 Å². The molecule has 5 nitrogen and oxygen atoms in total. The van der Waals surface area contributed by atoms with Crippen molar-refractivity contribution in [2.45, 2.75) is 91.0 Å². The highest BCUT2D eigenvalue weighted by Crippen LogP contribution is 2.49. The molecule has 0 atom stereocenters. The highest BCUT2D eigenvalue weighted by atomic mass is 32.1. The van der Waals surface area contributed by atoms with Gasteiger partial charge >= 0.3 is 0 Å². The van der Waals surface area contributed by atoms with E-state index in [1.807, 2.05) is 31.0 Å². The van der Waals surface area contributed by atoms with E-state index in [9.17, 15) is 9.59 Å². The quantitative estimate of drug-likeness (QED) is 0.238. The molecule has 1 fully saturated rings. The molecule has 1 amide bonds. The lowest BCUT2D eigenvalue weighted by molar-refractivity contribution is -0.134. The number of hydrogen-bond donors (Lipinski definition) is 0. The summed E-state index contributed by atoms with van der Waals surface area (Å²) in [7, 11) is 0. The molecule has 0 saturated heterocycles. The number of hydrogen-bond acceptors (Lipinski definition) is 5. The molecule has 3 aromatic rings. The Hall–Kier alpha value is -2.86. The van der Waals surface area contributed by atoms with Gasteiger partial charge in [-0.05, 0) is 74.6 Å². The second kappa shape index (κ2) is 12.1. The zero-order valence-corrected chi connectivity index (χ0v) is 23.5. The van der Waals surface area contributed by atoms with Gasteiger partial charge in [-0.2, -0.15) is 0 Å². The van der Waals surface area contributed by atoms with Gasteiger partial charge in [0.1, 0.15) is 10.7 Å². The Morgan fingerprint density at radius 1 is 1.03 bits per heavy atom. The van der Waals surface area contributed by atoms with Gasteiger partial charge in [-0.25, -0.2) is 4.98 Å². The molecule has 2 heterocycles. The molecule has 196 valence electrons. The molecule has 0 spiro atoms. The summed E-state index contributed by atoms with van der Waals surface area (Å²) in [6.45, 7) is 9.34. The summed E-state index contributed by atoms with van der Waals surface area (Å²) in [5, 5.41) is 0.836. The number of thiazole rings is 1. The van der Waals surface area contributed by atoms with E-state index in [1.165, 1.54) is 28.0 Å². The summed E-state index contributed by atoms with van der Waals surface area (Å²) in [5.74, 6) is 0.232. The van der Waals surface area contributed by atoms with Crippen molar-refractivity contribution in [3.05, 3.63) is 80.6 Å². The lowest BCUT2D eigenvalue weighted by Gasteiger charge is -2.27. The average molecular weight is 518 g/mol.